The lowest BCUT2D eigenvalue weighted by Gasteiger charge is -2.02. The monoisotopic (exact) mass is 280 g/mol. The van der Waals surface area contributed by atoms with Gasteiger partial charge in [-0.15, -0.1) is 16.3 Å². The Morgan fingerprint density at radius 2 is 2.32 bits per heavy atom. The highest BCUT2D eigenvalue weighted by Gasteiger charge is 2.02. The van der Waals surface area contributed by atoms with Crippen molar-refractivity contribution in [2.24, 2.45) is 16.5 Å². The molecular weight excluding hydrogens is 264 g/mol. The van der Waals surface area contributed by atoms with Gasteiger partial charge in [0, 0.05) is 11.9 Å². The van der Waals surface area contributed by atoms with Crippen molar-refractivity contribution in [2.75, 3.05) is 11.9 Å². The SMILES string of the molecule is N#C/N=C(/N)NCCCCc1csc(NC(=N)N)n1. The Balaban J connectivity index is 2.19. The molecule has 1 rings (SSSR count). The van der Waals surface area contributed by atoms with Crippen LogP contribution in [0.15, 0.2) is 10.4 Å². The third-order valence-corrected chi connectivity index (χ3v) is 2.94. The zero-order valence-corrected chi connectivity index (χ0v) is 11.1. The number of aryl methyl sites for hydroxylation is 1. The largest absolute Gasteiger partial charge is 0.370 e. The minimum atomic E-state index is -0.114. The van der Waals surface area contributed by atoms with Crippen LogP contribution in [0.2, 0.25) is 0 Å². The zero-order valence-electron chi connectivity index (χ0n) is 10.3. The van der Waals surface area contributed by atoms with Gasteiger partial charge in [-0.25, -0.2) is 4.98 Å². The molecule has 0 fully saturated rings. The minimum absolute atomic E-state index is 0.114. The Morgan fingerprint density at radius 3 is 3.00 bits per heavy atom. The molecule has 7 N–H and O–H groups in total. The summed E-state index contributed by atoms with van der Waals surface area (Å²) in [5, 5.41) is 23.4. The molecule has 1 heterocycles. The molecule has 0 aliphatic carbocycles. The van der Waals surface area contributed by atoms with E-state index in [0.717, 1.165) is 25.0 Å². The Kier molecular flexibility index (Phi) is 6.11. The number of thiazole rings is 1. The lowest BCUT2D eigenvalue weighted by atomic mass is 10.2. The number of unbranched alkanes of at least 4 members (excludes halogenated alkanes) is 1. The Labute approximate surface area is 115 Å². The summed E-state index contributed by atoms with van der Waals surface area (Å²) in [6.07, 6.45) is 4.29. The van der Waals surface area contributed by atoms with Crippen LogP contribution in [0.3, 0.4) is 0 Å². The van der Waals surface area contributed by atoms with Crippen LogP contribution in [0.5, 0.6) is 0 Å². The summed E-state index contributed by atoms with van der Waals surface area (Å²) in [5.41, 5.74) is 11.6. The van der Waals surface area contributed by atoms with Crippen LogP contribution in [0.4, 0.5) is 5.13 Å². The van der Waals surface area contributed by atoms with E-state index in [0.29, 0.717) is 11.7 Å². The van der Waals surface area contributed by atoms with Gasteiger partial charge in [0.25, 0.3) is 0 Å². The number of aliphatic imine (C=N–C) groups is 1. The Hall–Kier alpha value is -2.34. The maximum Gasteiger partial charge on any atom is 0.209 e. The molecule has 19 heavy (non-hydrogen) atoms. The topological polar surface area (TPSA) is 149 Å². The van der Waals surface area contributed by atoms with Crippen molar-refractivity contribution < 1.29 is 0 Å². The second-order valence-electron chi connectivity index (χ2n) is 3.66. The molecule has 0 aromatic carbocycles. The van der Waals surface area contributed by atoms with Crippen LogP contribution in [0.1, 0.15) is 18.5 Å². The molecule has 0 radical (unpaired) electrons. The van der Waals surface area contributed by atoms with Gasteiger partial charge in [0.15, 0.2) is 11.1 Å². The number of nitrogens with two attached hydrogens (primary N) is 2. The normalized spacial score (nSPS) is 10.8. The number of rotatable bonds is 6. The molecule has 0 saturated heterocycles. The maximum absolute atomic E-state index is 8.26. The molecule has 0 amide bonds. The number of nitriles is 1. The molecule has 0 unspecified atom stereocenters. The van der Waals surface area contributed by atoms with Crippen molar-refractivity contribution in [1.29, 1.82) is 10.7 Å². The van der Waals surface area contributed by atoms with E-state index in [-0.39, 0.29) is 11.9 Å². The maximum atomic E-state index is 8.26. The predicted octanol–water partition coefficient (Wildman–Crippen LogP) is 0.157. The quantitative estimate of drug-likeness (QED) is 0.217. The van der Waals surface area contributed by atoms with Crippen molar-refractivity contribution >= 4 is 28.4 Å². The van der Waals surface area contributed by atoms with Gasteiger partial charge in [-0.1, -0.05) is 0 Å². The van der Waals surface area contributed by atoms with Crippen molar-refractivity contribution in [3.05, 3.63) is 11.1 Å². The van der Waals surface area contributed by atoms with Crippen molar-refractivity contribution in [3.63, 3.8) is 0 Å². The van der Waals surface area contributed by atoms with Crippen LogP contribution in [-0.4, -0.2) is 23.4 Å². The van der Waals surface area contributed by atoms with Crippen molar-refractivity contribution in [1.82, 2.24) is 10.3 Å². The second-order valence-corrected chi connectivity index (χ2v) is 4.52. The number of hydrogen-bond donors (Lipinski definition) is 5. The molecule has 0 spiro atoms. The van der Waals surface area contributed by atoms with Gasteiger partial charge < -0.3 is 22.1 Å². The highest BCUT2D eigenvalue weighted by molar-refractivity contribution is 7.13. The smallest absolute Gasteiger partial charge is 0.209 e. The molecule has 0 saturated carbocycles. The van der Waals surface area contributed by atoms with Crippen LogP contribution in [-0.2, 0) is 6.42 Å². The van der Waals surface area contributed by atoms with Crippen molar-refractivity contribution in [2.45, 2.75) is 19.3 Å². The average Bonchev–Trinajstić information content (AvgIpc) is 2.75. The van der Waals surface area contributed by atoms with E-state index in [2.05, 4.69) is 20.6 Å². The van der Waals surface area contributed by atoms with Gasteiger partial charge in [0.1, 0.15) is 0 Å². The molecule has 0 bridgehead atoms. The first-order valence-electron chi connectivity index (χ1n) is 5.63. The average molecular weight is 280 g/mol. The fourth-order valence-electron chi connectivity index (χ4n) is 1.34. The molecule has 9 heteroatoms. The lowest BCUT2D eigenvalue weighted by Crippen LogP contribution is -2.32. The molecule has 0 atom stereocenters. The van der Waals surface area contributed by atoms with Gasteiger partial charge in [0.05, 0.1) is 5.69 Å². The second kappa shape index (κ2) is 7.88. The molecule has 0 aliphatic rings. The van der Waals surface area contributed by atoms with Crippen LogP contribution < -0.4 is 22.1 Å². The number of nitrogens with zero attached hydrogens (tertiary/aromatic N) is 3. The van der Waals surface area contributed by atoms with Gasteiger partial charge in [-0.2, -0.15) is 5.26 Å². The van der Waals surface area contributed by atoms with E-state index in [4.69, 9.17) is 22.1 Å². The van der Waals surface area contributed by atoms with E-state index >= 15 is 0 Å². The molecule has 1 aromatic heterocycles. The van der Waals surface area contributed by atoms with Gasteiger partial charge >= 0.3 is 0 Å². The summed E-state index contributed by atoms with van der Waals surface area (Å²) in [7, 11) is 0. The third kappa shape index (κ3) is 6.23. The van der Waals surface area contributed by atoms with E-state index in [1.54, 1.807) is 6.19 Å². The van der Waals surface area contributed by atoms with E-state index in [1.807, 2.05) is 5.38 Å². The van der Waals surface area contributed by atoms with Crippen LogP contribution in [0.25, 0.3) is 0 Å². The van der Waals surface area contributed by atoms with Gasteiger partial charge in [0.2, 0.25) is 12.2 Å². The third-order valence-electron chi connectivity index (χ3n) is 2.13. The first-order chi connectivity index (χ1) is 9.11. The highest BCUT2D eigenvalue weighted by Crippen LogP contribution is 2.16. The summed E-state index contributed by atoms with van der Waals surface area (Å²) in [5.74, 6) is 0.0291. The highest BCUT2D eigenvalue weighted by atomic mass is 32.1. The lowest BCUT2D eigenvalue weighted by molar-refractivity contribution is 0.701. The summed E-state index contributed by atoms with van der Waals surface area (Å²) in [6.45, 7) is 0.666. The predicted molar refractivity (Wildman–Crippen MR) is 75.8 cm³/mol. The zero-order chi connectivity index (χ0) is 14.1. The van der Waals surface area contributed by atoms with E-state index in [9.17, 15) is 0 Å². The Morgan fingerprint density at radius 1 is 1.53 bits per heavy atom. The summed E-state index contributed by atoms with van der Waals surface area (Å²) < 4.78 is 0. The number of hydrogen-bond acceptors (Lipinski definition) is 5. The summed E-state index contributed by atoms with van der Waals surface area (Å²) in [4.78, 5) is 7.64. The molecule has 8 nitrogen and oxygen atoms in total. The Bertz CT molecular complexity index is 486. The first kappa shape index (κ1) is 14.7. The van der Waals surface area contributed by atoms with Gasteiger partial charge in [-0.05, 0) is 19.3 Å². The van der Waals surface area contributed by atoms with E-state index < -0.39 is 0 Å². The number of aromatic nitrogens is 1. The molecule has 0 aliphatic heterocycles. The number of guanidine groups is 2. The molecule has 102 valence electrons. The minimum Gasteiger partial charge on any atom is -0.370 e. The van der Waals surface area contributed by atoms with Crippen LogP contribution in [0, 0.1) is 16.9 Å². The van der Waals surface area contributed by atoms with E-state index in [1.165, 1.54) is 11.3 Å². The van der Waals surface area contributed by atoms with Crippen LogP contribution >= 0.6 is 11.3 Å². The van der Waals surface area contributed by atoms with Gasteiger partial charge in [-0.3, -0.25) is 5.41 Å². The summed E-state index contributed by atoms with van der Waals surface area (Å²) >= 11 is 1.42. The molecular formula is C10H16N8S. The standard InChI is InChI=1S/C10H16N8S/c11-6-16-9(14)15-4-2-1-3-7-5-19-10(17-7)18-8(12)13/h5H,1-4H2,(H3,14,15,16)(H4,12,13,17,18). The number of nitrogens with one attached hydrogen (secondary N) is 3. The fourth-order valence-corrected chi connectivity index (χ4v) is 2.09. The fraction of sp³-hybridized carbons (Fsp3) is 0.400. The molecule has 1 aromatic rings. The van der Waals surface area contributed by atoms with Crippen molar-refractivity contribution in [3.8, 4) is 6.19 Å². The summed E-state index contributed by atoms with van der Waals surface area (Å²) in [6, 6.07) is 0. The number of anilines is 1. The first-order valence-corrected chi connectivity index (χ1v) is 6.51.